The van der Waals surface area contributed by atoms with E-state index in [-0.39, 0.29) is 0 Å². The Kier molecular flexibility index (Phi) is 3.94. The molecule has 2 heteroatoms. The van der Waals surface area contributed by atoms with Crippen LogP contribution < -0.4 is 5.73 Å². The van der Waals surface area contributed by atoms with Crippen LogP contribution in [-0.2, 0) is 0 Å². The van der Waals surface area contributed by atoms with Crippen molar-refractivity contribution < 1.29 is 0 Å². The first-order valence-corrected chi connectivity index (χ1v) is 7.17. The Morgan fingerprint density at radius 3 is 1.71 bits per heavy atom. The molecule has 0 aromatic heterocycles. The van der Waals surface area contributed by atoms with Gasteiger partial charge in [0.05, 0.1) is 5.92 Å². The third kappa shape index (κ3) is 2.93. The van der Waals surface area contributed by atoms with Gasteiger partial charge in [-0.25, -0.2) is 0 Å². The van der Waals surface area contributed by atoms with Crippen molar-refractivity contribution in [3.63, 3.8) is 0 Å². The highest BCUT2D eigenvalue weighted by molar-refractivity contribution is 6.32. The summed E-state index contributed by atoms with van der Waals surface area (Å²) in [4.78, 5) is 0. The van der Waals surface area contributed by atoms with Gasteiger partial charge in [0.2, 0.25) is 0 Å². The molecule has 0 amide bonds. The van der Waals surface area contributed by atoms with Gasteiger partial charge < -0.3 is 5.73 Å². The van der Waals surface area contributed by atoms with Gasteiger partial charge in [0, 0.05) is 10.7 Å². The van der Waals surface area contributed by atoms with Gasteiger partial charge in [-0.1, -0.05) is 78.3 Å². The van der Waals surface area contributed by atoms with Crippen LogP contribution in [0.2, 0.25) is 5.02 Å². The zero-order chi connectivity index (χ0) is 14.7. The number of rotatable bonds is 3. The molecular weight excluding hydrogens is 278 g/mol. The van der Waals surface area contributed by atoms with Crippen LogP contribution in [0.15, 0.2) is 78.9 Å². The van der Waals surface area contributed by atoms with E-state index in [4.69, 9.17) is 17.3 Å². The third-order valence-corrected chi connectivity index (χ3v) is 3.70. The van der Waals surface area contributed by atoms with Crippen molar-refractivity contribution in [3.05, 3.63) is 106 Å². The second-order valence-corrected chi connectivity index (χ2v) is 5.25. The number of nitrogen functional groups attached to an aromatic ring is 1. The lowest BCUT2D eigenvalue weighted by molar-refractivity contribution is 1.23. The smallest absolute Gasteiger partial charge is 0.0644 e. The van der Waals surface area contributed by atoms with Crippen molar-refractivity contribution in [3.8, 4) is 0 Å². The normalized spacial score (nSPS) is 10.8. The van der Waals surface area contributed by atoms with E-state index in [9.17, 15) is 0 Å². The minimum atomic E-state index is 0.665. The molecule has 21 heavy (non-hydrogen) atoms. The predicted octanol–water partition coefficient (Wildman–Crippen LogP) is 4.94. The summed E-state index contributed by atoms with van der Waals surface area (Å²) >= 11 is 6.42. The van der Waals surface area contributed by atoms with Crippen LogP contribution in [0.4, 0.5) is 5.69 Å². The molecule has 103 valence electrons. The molecule has 0 aliphatic heterocycles. The van der Waals surface area contributed by atoms with Crippen LogP contribution >= 0.6 is 11.6 Å². The highest BCUT2D eigenvalue weighted by Crippen LogP contribution is 2.35. The Bertz CT molecular complexity index is 684. The number of hydrogen-bond donors (Lipinski definition) is 1. The average Bonchev–Trinajstić information content (AvgIpc) is 2.52. The van der Waals surface area contributed by atoms with Crippen LogP contribution in [0.5, 0.6) is 0 Å². The maximum Gasteiger partial charge on any atom is 0.0644 e. The molecule has 0 heterocycles. The minimum absolute atomic E-state index is 0.665. The lowest BCUT2D eigenvalue weighted by atomic mass is 9.85. The van der Waals surface area contributed by atoms with Crippen molar-refractivity contribution in [2.45, 2.75) is 0 Å². The highest BCUT2D eigenvalue weighted by Gasteiger charge is 2.19. The molecule has 0 aliphatic rings. The van der Waals surface area contributed by atoms with Crippen molar-refractivity contribution >= 4 is 17.3 Å². The molecule has 1 radical (unpaired) electrons. The molecule has 1 nitrogen and oxygen atoms in total. The number of halogens is 1. The van der Waals surface area contributed by atoms with E-state index in [2.05, 4.69) is 24.3 Å². The van der Waals surface area contributed by atoms with E-state index in [1.54, 1.807) is 6.07 Å². The quantitative estimate of drug-likeness (QED) is 0.537. The van der Waals surface area contributed by atoms with E-state index in [1.807, 2.05) is 48.5 Å². The number of anilines is 1. The molecular formula is C19H15ClN. The number of benzene rings is 3. The summed E-state index contributed by atoms with van der Waals surface area (Å²) in [5, 5.41) is 0.665. The Balaban J connectivity index is 2.17. The Hall–Kier alpha value is -2.25. The molecule has 2 N–H and O–H groups in total. The summed E-state index contributed by atoms with van der Waals surface area (Å²) in [7, 11) is 0. The SMILES string of the molecule is Nc1ccc([C](c2ccccc2)c2ccccc2)c(Cl)c1. The molecule has 0 saturated carbocycles. The molecule has 3 aromatic carbocycles. The summed E-state index contributed by atoms with van der Waals surface area (Å²) in [6, 6.07) is 26.2. The second kappa shape index (κ2) is 6.02. The molecule has 0 atom stereocenters. The van der Waals surface area contributed by atoms with Gasteiger partial charge >= 0.3 is 0 Å². The first kappa shape index (κ1) is 13.7. The summed E-state index contributed by atoms with van der Waals surface area (Å²) in [6.45, 7) is 0. The van der Waals surface area contributed by atoms with Crippen molar-refractivity contribution in [2.24, 2.45) is 0 Å². The summed E-state index contributed by atoms with van der Waals surface area (Å²) in [5.74, 6) is 1.11. The van der Waals surface area contributed by atoms with E-state index in [0.717, 1.165) is 22.6 Å². The van der Waals surface area contributed by atoms with Crippen molar-refractivity contribution in [1.82, 2.24) is 0 Å². The molecule has 3 rings (SSSR count). The first-order valence-electron chi connectivity index (χ1n) is 6.79. The van der Waals surface area contributed by atoms with Gasteiger partial charge in [-0.2, -0.15) is 0 Å². The van der Waals surface area contributed by atoms with Crippen LogP contribution in [0.25, 0.3) is 0 Å². The second-order valence-electron chi connectivity index (χ2n) is 4.85. The highest BCUT2D eigenvalue weighted by atomic mass is 35.5. The number of nitrogens with two attached hydrogens (primary N) is 1. The average molecular weight is 293 g/mol. The molecule has 0 aliphatic carbocycles. The lowest BCUT2D eigenvalue weighted by Gasteiger charge is -2.19. The largest absolute Gasteiger partial charge is 0.399 e. The van der Waals surface area contributed by atoms with E-state index in [1.165, 1.54) is 0 Å². The first-order chi connectivity index (χ1) is 10.3. The molecule has 0 fully saturated rings. The zero-order valence-electron chi connectivity index (χ0n) is 11.5. The Labute approximate surface area is 130 Å². The van der Waals surface area contributed by atoms with Gasteiger partial charge in [-0.3, -0.25) is 0 Å². The summed E-state index contributed by atoms with van der Waals surface area (Å²) < 4.78 is 0. The predicted molar refractivity (Wildman–Crippen MR) is 89.3 cm³/mol. The molecule has 0 bridgehead atoms. The third-order valence-electron chi connectivity index (χ3n) is 3.39. The molecule has 0 spiro atoms. The number of hydrogen-bond acceptors (Lipinski definition) is 1. The van der Waals surface area contributed by atoms with Gasteiger partial charge in [0.1, 0.15) is 0 Å². The maximum atomic E-state index is 6.42. The van der Waals surface area contributed by atoms with Crippen LogP contribution in [0.3, 0.4) is 0 Å². The molecule has 0 saturated heterocycles. The fourth-order valence-corrected chi connectivity index (χ4v) is 2.70. The van der Waals surface area contributed by atoms with Crippen LogP contribution in [0.1, 0.15) is 16.7 Å². The summed E-state index contributed by atoms with van der Waals surface area (Å²) in [6.07, 6.45) is 0. The standard InChI is InChI=1S/C19H15ClN/c20-18-13-16(21)11-12-17(18)19(14-7-3-1-4-8-14)15-9-5-2-6-10-15/h1-13H,21H2. The van der Waals surface area contributed by atoms with E-state index < -0.39 is 0 Å². The Morgan fingerprint density at radius 2 is 1.24 bits per heavy atom. The lowest BCUT2D eigenvalue weighted by Crippen LogP contribution is -2.05. The minimum Gasteiger partial charge on any atom is -0.399 e. The van der Waals surface area contributed by atoms with E-state index in [0.29, 0.717) is 10.7 Å². The van der Waals surface area contributed by atoms with E-state index >= 15 is 0 Å². The van der Waals surface area contributed by atoms with Gasteiger partial charge in [0.15, 0.2) is 0 Å². The van der Waals surface area contributed by atoms with Gasteiger partial charge in [0.25, 0.3) is 0 Å². The molecule has 3 aromatic rings. The topological polar surface area (TPSA) is 26.0 Å². The van der Waals surface area contributed by atoms with Crippen LogP contribution in [0, 0.1) is 5.92 Å². The van der Waals surface area contributed by atoms with Crippen molar-refractivity contribution in [1.29, 1.82) is 0 Å². The Morgan fingerprint density at radius 1 is 0.714 bits per heavy atom. The van der Waals surface area contributed by atoms with Crippen LogP contribution in [-0.4, -0.2) is 0 Å². The zero-order valence-corrected chi connectivity index (χ0v) is 12.2. The fraction of sp³-hybridized carbons (Fsp3) is 0. The monoisotopic (exact) mass is 292 g/mol. The van der Waals surface area contributed by atoms with Gasteiger partial charge in [-0.15, -0.1) is 0 Å². The van der Waals surface area contributed by atoms with Crippen molar-refractivity contribution in [2.75, 3.05) is 5.73 Å². The molecule has 0 unspecified atom stereocenters. The maximum absolute atomic E-state index is 6.42. The fourth-order valence-electron chi connectivity index (χ4n) is 2.42. The van der Waals surface area contributed by atoms with Gasteiger partial charge in [-0.05, 0) is 28.8 Å². The summed E-state index contributed by atoms with van der Waals surface area (Å²) in [5.41, 5.74) is 9.74.